The largest absolute Gasteiger partial charge is 0.492 e. The molecule has 0 radical (unpaired) electrons. The van der Waals surface area contributed by atoms with E-state index in [1.807, 2.05) is 0 Å². The van der Waals surface area contributed by atoms with Crippen LogP contribution in [-0.4, -0.2) is 49.0 Å². The van der Waals surface area contributed by atoms with E-state index in [1.54, 1.807) is 0 Å². The van der Waals surface area contributed by atoms with Gasteiger partial charge in [0.05, 0.1) is 24.3 Å². The molecule has 49 heavy (non-hydrogen) atoms. The maximum atomic E-state index is 13.9. The van der Waals surface area contributed by atoms with Gasteiger partial charge in [0.25, 0.3) is 0 Å². The quantitative estimate of drug-likeness (QED) is 0.0599. The molecule has 0 atom stereocenters. The molecule has 15 heteroatoms. The number of hydrogen-bond acceptors (Lipinski definition) is 2. The summed E-state index contributed by atoms with van der Waals surface area (Å²) in [5.41, 5.74) is 0.604. The van der Waals surface area contributed by atoms with Crippen molar-refractivity contribution in [3.8, 4) is 36.2 Å². The molecule has 2 nitrogen and oxygen atoms in total. The summed E-state index contributed by atoms with van der Waals surface area (Å²) >= 11 is 0. The summed E-state index contributed by atoms with van der Waals surface area (Å²) in [6.07, 6.45) is 11.6. The van der Waals surface area contributed by atoms with E-state index in [0.29, 0.717) is 17.9 Å². The fraction of sp³-hybridized carbons (Fsp3) is 0.706. The van der Waals surface area contributed by atoms with Crippen molar-refractivity contribution in [3.05, 3.63) is 23.3 Å². The van der Waals surface area contributed by atoms with Crippen molar-refractivity contribution in [2.24, 2.45) is 0 Å². The molecule has 0 aliphatic carbocycles. The second-order valence-electron chi connectivity index (χ2n) is 11.7. The lowest BCUT2D eigenvalue weighted by Crippen LogP contribution is -2.70. The van der Waals surface area contributed by atoms with Gasteiger partial charge in [-0.1, -0.05) is 89.4 Å². The maximum absolute atomic E-state index is 13.9. The monoisotopic (exact) mass is 728 g/mol. The Kier molecular flexibility index (Phi) is 17.0. The minimum atomic E-state index is -7.89. The van der Waals surface area contributed by atoms with Gasteiger partial charge in [0.1, 0.15) is 11.5 Å². The lowest BCUT2D eigenvalue weighted by atomic mass is 9.91. The molecule has 0 aromatic heterocycles. The molecule has 1 aromatic rings. The highest BCUT2D eigenvalue weighted by atomic mass is 19.4. The predicted octanol–water partition coefficient (Wildman–Crippen LogP) is 12.0. The van der Waals surface area contributed by atoms with E-state index in [9.17, 15) is 57.1 Å². The maximum Gasteiger partial charge on any atom is 0.460 e. The van der Waals surface area contributed by atoms with Crippen LogP contribution in [0.25, 0.3) is 0 Å². The first-order chi connectivity index (χ1) is 22.7. The first-order valence-electron chi connectivity index (χ1n) is 16.0. The zero-order valence-electron chi connectivity index (χ0n) is 27.1. The van der Waals surface area contributed by atoms with Crippen LogP contribution in [0.3, 0.4) is 0 Å². The van der Waals surface area contributed by atoms with Crippen LogP contribution in [0.5, 0.6) is 11.5 Å². The molecule has 0 N–H and O–H groups in total. The highest BCUT2D eigenvalue weighted by Crippen LogP contribution is 2.60. The first kappa shape index (κ1) is 44.1. The van der Waals surface area contributed by atoms with Crippen LogP contribution >= 0.6 is 0 Å². The summed E-state index contributed by atoms with van der Waals surface area (Å²) in [4.78, 5) is 0. The first-order valence-corrected chi connectivity index (χ1v) is 16.0. The molecule has 280 valence electrons. The summed E-state index contributed by atoms with van der Waals surface area (Å²) < 4.78 is 183. The Bertz CT molecular complexity index is 1230. The minimum absolute atomic E-state index is 0.0478. The molecule has 0 fully saturated rings. The molecule has 0 spiro atoms. The Morgan fingerprint density at radius 3 is 1.20 bits per heavy atom. The molecule has 0 amide bonds. The van der Waals surface area contributed by atoms with Gasteiger partial charge < -0.3 is 9.47 Å². The average molecular weight is 729 g/mol. The minimum Gasteiger partial charge on any atom is -0.492 e. The van der Waals surface area contributed by atoms with Gasteiger partial charge in [0, 0.05) is 18.6 Å². The molecule has 0 unspecified atom stereocenters. The second kappa shape index (κ2) is 18.9. The van der Waals surface area contributed by atoms with Crippen LogP contribution < -0.4 is 9.47 Å². The number of ether oxygens (including phenoxy) is 2. The van der Waals surface area contributed by atoms with Crippen molar-refractivity contribution < 1.29 is 66.5 Å². The lowest BCUT2D eigenvalue weighted by Gasteiger charge is -2.39. The Morgan fingerprint density at radius 1 is 0.490 bits per heavy atom. The fourth-order valence-corrected chi connectivity index (χ4v) is 4.74. The molecule has 1 rings (SSSR count). The Labute approximate surface area is 278 Å². The van der Waals surface area contributed by atoms with E-state index in [1.165, 1.54) is 50.7 Å². The SMILES string of the molecule is C#Cc1cc(OCCCCCCC(F)(F)C(F)(F)C(F)(F)C(F)(F)C(F)(F)C(F)(F)F)c(C#C)cc1OCCCCCCCCCCCC. The van der Waals surface area contributed by atoms with Crippen LogP contribution in [0.4, 0.5) is 57.1 Å². The third-order valence-corrected chi connectivity index (χ3v) is 7.79. The summed E-state index contributed by atoms with van der Waals surface area (Å²) in [7, 11) is 0. The summed E-state index contributed by atoms with van der Waals surface area (Å²) in [5, 5.41) is 0. The second-order valence-corrected chi connectivity index (χ2v) is 11.7. The molecule has 0 saturated heterocycles. The van der Waals surface area contributed by atoms with Gasteiger partial charge in [-0.2, -0.15) is 57.1 Å². The molecule has 0 heterocycles. The number of benzene rings is 1. The van der Waals surface area contributed by atoms with Gasteiger partial charge in [-0.05, 0) is 19.3 Å². The van der Waals surface area contributed by atoms with Crippen LogP contribution in [0.15, 0.2) is 12.1 Å². The smallest absolute Gasteiger partial charge is 0.460 e. The van der Waals surface area contributed by atoms with Crippen molar-refractivity contribution in [1.29, 1.82) is 0 Å². The van der Waals surface area contributed by atoms with Crippen molar-refractivity contribution in [2.45, 2.75) is 139 Å². The predicted molar refractivity (Wildman–Crippen MR) is 159 cm³/mol. The van der Waals surface area contributed by atoms with E-state index < -0.39 is 48.6 Å². The fourth-order valence-electron chi connectivity index (χ4n) is 4.74. The van der Waals surface area contributed by atoms with Crippen molar-refractivity contribution in [1.82, 2.24) is 0 Å². The Balaban J connectivity index is 2.59. The molecule has 0 aliphatic rings. The van der Waals surface area contributed by atoms with E-state index in [2.05, 4.69) is 18.8 Å². The number of hydrogen-bond donors (Lipinski definition) is 0. The van der Waals surface area contributed by atoms with Gasteiger partial charge in [-0.15, -0.1) is 12.8 Å². The van der Waals surface area contributed by atoms with Gasteiger partial charge in [-0.3, -0.25) is 0 Å². The highest BCUT2D eigenvalue weighted by molar-refractivity contribution is 5.57. The van der Waals surface area contributed by atoms with Crippen molar-refractivity contribution in [3.63, 3.8) is 0 Å². The van der Waals surface area contributed by atoms with Crippen LogP contribution in [-0.2, 0) is 0 Å². The molecule has 0 bridgehead atoms. The lowest BCUT2D eigenvalue weighted by molar-refractivity contribution is -0.440. The molecular weight excluding hydrogens is 687 g/mol. The molecule has 0 aliphatic heterocycles. The molecule has 1 aromatic carbocycles. The number of halogens is 13. The zero-order chi connectivity index (χ0) is 37.6. The highest BCUT2D eigenvalue weighted by Gasteiger charge is 2.90. The molecule has 0 saturated carbocycles. The van der Waals surface area contributed by atoms with Crippen molar-refractivity contribution >= 4 is 0 Å². The van der Waals surface area contributed by atoms with Crippen LogP contribution in [0.2, 0.25) is 0 Å². The summed E-state index contributed by atoms with van der Waals surface area (Å²) in [6, 6.07) is 2.96. The number of alkyl halides is 13. The van der Waals surface area contributed by atoms with Crippen LogP contribution in [0, 0.1) is 24.7 Å². The number of unbranched alkanes of at least 4 members (excludes halogenated alkanes) is 12. The Hall–Kier alpha value is -2.97. The Morgan fingerprint density at radius 2 is 0.837 bits per heavy atom. The van der Waals surface area contributed by atoms with E-state index >= 15 is 0 Å². The number of rotatable bonds is 24. The summed E-state index contributed by atoms with van der Waals surface area (Å²) in [5.74, 6) is -31.3. The van der Waals surface area contributed by atoms with E-state index in [0.717, 1.165) is 25.7 Å². The van der Waals surface area contributed by atoms with E-state index in [-0.39, 0.29) is 37.2 Å². The third-order valence-electron chi connectivity index (χ3n) is 7.79. The van der Waals surface area contributed by atoms with Gasteiger partial charge >= 0.3 is 35.8 Å². The van der Waals surface area contributed by atoms with E-state index in [4.69, 9.17) is 22.3 Å². The average Bonchev–Trinajstić information content (AvgIpc) is 3.02. The van der Waals surface area contributed by atoms with Gasteiger partial charge in [0.15, 0.2) is 0 Å². The van der Waals surface area contributed by atoms with Crippen LogP contribution in [0.1, 0.15) is 114 Å². The standard InChI is InChI=1S/C34H41F13O2/c1-4-7-8-9-10-11-12-13-15-18-21-48-27-23-26(6-3)28(24-25(27)5-2)49-22-19-16-14-17-20-29(35,36)30(37,38)31(39,40)32(41,42)33(43,44)34(45,46)47/h2-3,23-24H,4,7-22H2,1H3. The normalized spacial score (nSPS) is 13.2. The zero-order valence-corrected chi connectivity index (χ0v) is 27.1. The third kappa shape index (κ3) is 11.3. The molecular formula is C34H41F13O2. The summed E-state index contributed by atoms with van der Waals surface area (Å²) in [6.45, 7) is 2.47. The topological polar surface area (TPSA) is 18.5 Å². The van der Waals surface area contributed by atoms with Crippen molar-refractivity contribution in [2.75, 3.05) is 13.2 Å². The van der Waals surface area contributed by atoms with Gasteiger partial charge in [0.2, 0.25) is 0 Å². The number of terminal acetylenes is 2. The van der Waals surface area contributed by atoms with Gasteiger partial charge in [-0.25, -0.2) is 0 Å².